The summed E-state index contributed by atoms with van der Waals surface area (Å²) in [5.41, 5.74) is 6.18. The van der Waals surface area contributed by atoms with Crippen molar-refractivity contribution in [3.05, 3.63) is 35.6 Å². The summed E-state index contributed by atoms with van der Waals surface area (Å²) >= 11 is 0. The van der Waals surface area contributed by atoms with E-state index in [1.807, 2.05) is 0 Å². The molecule has 19 heavy (non-hydrogen) atoms. The fraction of sp³-hybridized carbons (Fsp3) is 0.571. The van der Waals surface area contributed by atoms with Gasteiger partial charge in [0.15, 0.2) is 0 Å². The maximum absolute atomic E-state index is 13.1. The van der Waals surface area contributed by atoms with E-state index in [1.54, 1.807) is 12.1 Å². The molecule has 0 aliphatic carbocycles. The first-order valence-corrected chi connectivity index (χ1v) is 6.77. The van der Waals surface area contributed by atoms with E-state index >= 15 is 0 Å². The van der Waals surface area contributed by atoms with Gasteiger partial charge in [-0.3, -0.25) is 9.80 Å². The minimum absolute atomic E-state index is 0.302. The van der Waals surface area contributed by atoms with Crippen molar-refractivity contribution in [3.63, 3.8) is 0 Å². The summed E-state index contributed by atoms with van der Waals surface area (Å²) in [4.78, 5) is 4.54. The number of halogens is 1. The number of piperazine rings is 1. The number of rotatable bonds is 5. The predicted octanol–water partition coefficient (Wildman–Crippen LogP) is 0.435. The Bertz CT molecular complexity index is 394. The molecular formula is C14H22FN3O. The minimum atomic E-state index is -0.628. The van der Waals surface area contributed by atoms with E-state index in [0.717, 1.165) is 32.7 Å². The molecule has 2 rings (SSSR count). The smallest absolute Gasteiger partial charge is 0.123 e. The van der Waals surface area contributed by atoms with Crippen LogP contribution < -0.4 is 5.73 Å². The number of nitrogens with zero attached hydrogens (tertiary/aromatic N) is 2. The van der Waals surface area contributed by atoms with Crippen molar-refractivity contribution in [3.8, 4) is 0 Å². The number of aliphatic hydroxyl groups is 1. The minimum Gasteiger partial charge on any atom is -0.387 e. The second kappa shape index (κ2) is 6.96. The van der Waals surface area contributed by atoms with Crippen molar-refractivity contribution < 1.29 is 9.50 Å². The molecule has 1 atom stereocenters. The largest absolute Gasteiger partial charge is 0.387 e. The Balaban J connectivity index is 1.82. The summed E-state index contributed by atoms with van der Waals surface area (Å²) < 4.78 is 13.1. The van der Waals surface area contributed by atoms with Crippen LogP contribution in [0.15, 0.2) is 24.3 Å². The molecule has 0 aromatic heterocycles. The lowest BCUT2D eigenvalue weighted by molar-refractivity contribution is 0.0735. The van der Waals surface area contributed by atoms with Crippen molar-refractivity contribution in [1.29, 1.82) is 0 Å². The van der Waals surface area contributed by atoms with Crippen molar-refractivity contribution in [1.82, 2.24) is 9.80 Å². The molecule has 0 bridgehead atoms. The predicted molar refractivity (Wildman–Crippen MR) is 73.3 cm³/mol. The van der Waals surface area contributed by atoms with Crippen LogP contribution in [0.5, 0.6) is 0 Å². The third-order valence-corrected chi connectivity index (χ3v) is 3.57. The summed E-state index contributed by atoms with van der Waals surface area (Å²) in [6.07, 6.45) is -0.628. The van der Waals surface area contributed by atoms with Crippen LogP contribution in [0.4, 0.5) is 4.39 Å². The standard InChI is InChI=1S/C14H22FN3O/c15-13-3-1-2-12(10-13)14(19)11-18-8-6-17(5-4-16)7-9-18/h1-3,10,14,19H,4-9,11,16H2. The second-order valence-corrected chi connectivity index (χ2v) is 5.00. The first-order chi connectivity index (χ1) is 9.19. The molecule has 1 aromatic carbocycles. The topological polar surface area (TPSA) is 52.7 Å². The average Bonchev–Trinajstić information content (AvgIpc) is 2.41. The van der Waals surface area contributed by atoms with Gasteiger partial charge >= 0.3 is 0 Å². The lowest BCUT2D eigenvalue weighted by atomic mass is 10.1. The molecule has 1 unspecified atom stereocenters. The quantitative estimate of drug-likeness (QED) is 0.812. The van der Waals surface area contributed by atoms with Crippen LogP contribution in [0.1, 0.15) is 11.7 Å². The van der Waals surface area contributed by atoms with Crippen molar-refractivity contribution >= 4 is 0 Å². The van der Waals surface area contributed by atoms with E-state index in [4.69, 9.17) is 5.73 Å². The van der Waals surface area contributed by atoms with E-state index in [1.165, 1.54) is 12.1 Å². The molecule has 5 heteroatoms. The van der Waals surface area contributed by atoms with Crippen LogP contribution in [0.25, 0.3) is 0 Å². The molecule has 1 saturated heterocycles. The number of nitrogens with two attached hydrogens (primary N) is 1. The average molecular weight is 267 g/mol. The van der Waals surface area contributed by atoms with Crippen LogP contribution in [-0.2, 0) is 0 Å². The Morgan fingerprint density at radius 2 is 1.89 bits per heavy atom. The Hall–Kier alpha value is -1.01. The molecule has 1 aliphatic heterocycles. The van der Waals surface area contributed by atoms with Crippen molar-refractivity contribution in [2.24, 2.45) is 5.73 Å². The highest BCUT2D eigenvalue weighted by atomic mass is 19.1. The van der Waals surface area contributed by atoms with Gasteiger partial charge in [0.1, 0.15) is 5.82 Å². The fourth-order valence-electron chi connectivity index (χ4n) is 2.44. The summed E-state index contributed by atoms with van der Waals surface area (Å²) in [6, 6.07) is 6.18. The maximum atomic E-state index is 13.1. The van der Waals surface area contributed by atoms with Gasteiger partial charge in [-0.05, 0) is 17.7 Å². The second-order valence-electron chi connectivity index (χ2n) is 5.00. The fourth-order valence-corrected chi connectivity index (χ4v) is 2.44. The molecule has 1 aromatic rings. The van der Waals surface area contributed by atoms with Gasteiger partial charge in [-0.2, -0.15) is 0 Å². The first-order valence-electron chi connectivity index (χ1n) is 6.77. The zero-order chi connectivity index (χ0) is 13.7. The van der Waals surface area contributed by atoms with Gasteiger partial charge < -0.3 is 10.8 Å². The molecule has 1 heterocycles. The molecule has 3 N–H and O–H groups in total. The van der Waals surface area contributed by atoms with Gasteiger partial charge in [0.2, 0.25) is 0 Å². The molecular weight excluding hydrogens is 245 g/mol. The normalized spacial score (nSPS) is 19.5. The molecule has 4 nitrogen and oxygen atoms in total. The zero-order valence-electron chi connectivity index (χ0n) is 11.1. The molecule has 1 aliphatic rings. The first kappa shape index (κ1) is 14.4. The van der Waals surface area contributed by atoms with Crippen molar-refractivity contribution in [2.45, 2.75) is 6.10 Å². The van der Waals surface area contributed by atoms with Crippen LogP contribution in [0.3, 0.4) is 0 Å². The SMILES string of the molecule is NCCN1CCN(CC(O)c2cccc(F)c2)CC1. The number of hydrogen-bond donors (Lipinski definition) is 2. The highest BCUT2D eigenvalue weighted by Gasteiger charge is 2.19. The Morgan fingerprint density at radius 3 is 2.53 bits per heavy atom. The Morgan fingerprint density at radius 1 is 1.21 bits per heavy atom. The third-order valence-electron chi connectivity index (χ3n) is 3.57. The van der Waals surface area contributed by atoms with Gasteiger partial charge in [-0.15, -0.1) is 0 Å². The van der Waals surface area contributed by atoms with Gasteiger partial charge in [0.05, 0.1) is 6.10 Å². The molecule has 0 saturated carbocycles. The van der Waals surface area contributed by atoms with E-state index in [-0.39, 0.29) is 5.82 Å². The highest BCUT2D eigenvalue weighted by Crippen LogP contribution is 2.16. The Labute approximate surface area is 113 Å². The summed E-state index contributed by atoms with van der Waals surface area (Å²) in [7, 11) is 0. The van der Waals surface area contributed by atoms with E-state index < -0.39 is 6.10 Å². The summed E-state index contributed by atoms with van der Waals surface area (Å²) in [6.45, 7) is 5.98. The number of aliphatic hydroxyl groups excluding tert-OH is 1. The molecule has 106 valence electrons. The van der Waals surface area contributed by atoms with Gasteiger partial charge in [-0.25, -0.2) is 4.39 Å². The molecule has 0 radical (unpaired) electrons. The lowest BCUT2D eigenvalue weighted by Gasteiger charge is -2.35. The highest BCUT2D eigenvalue weighted by molar-refractivity contribution is 5.19. The summed E-state index contributed by atoms with van der Waals surface area (Å²) in [5.74, 6) is -0.302. The Kier molecular flexibility index (Phi) is 5.27. The van der Waals surface area contributed by atoms with Crippen LogP contribution in [0, 0.1) is 5.82 Å². The third kappa shape index (κ3) is 4.24. The lowest BCUT2D eigenvalue weighted by Crippen LogP contribution is -2.48. The van der Waals surface area contributed by atoms with Crippen molar-refractivity contribution in [2.75, 3.05) is 45.8 Å². The van der Waals surface area contributed by atoms with Gasteiger partial charge in [0, 0.05) is 45.8 Å². The molecule has 0 spiro atoms. The molecule has 1 fully saturated rings. The van der Waals surface area contributed by atoms with Crippen LogP contribution >= 0.6 is 0 Å². The number of β-amino-alcohol motifs (C(OH)–C–C–N with tert-alkyl or cyclic N) is 1. The number of hydrogen-bond acceptors (Lipinski definition) is 4. The van der Waals surface area contributed by atoms with Gasteiger partial charge in [-0.1, -0.05) is 12.1 Å². The van der Waals surface area contributed by atoms with E-state index in [9.17, 15) is 9.50 Å². The summed E-state index contributed by atoms with van der Waals surface area (Å²) in [5, 5.41) is 10.1. The van der Waals surface area contributed by atoms with Gasteiger partial charge in [0.25, 0.3) is 0 Å². The number of benzene rings is 1. The van der Waals surface area contributed by atoms with E-state index in [2.05, 4.69) is 9.80 Å². The van der Waals surface area contributed by atoms with Crippen LogP contribution in [0.2, 0.25) is 0 Å². The molecule has 0 amide bonds. The van der Waals surface area contributed by atoms with E-state index in [0.29, 0.717) is 18.7 Å². The zero-order valence-corrected chi connectivity index (χ0v) is 11.1. The monoisotopic (exact) mass is 267 g/mol. The van der Waals surface area contributed by atoms with Crippen LogP contribution in [-0.4, -0.2) is 60.7 Å². The maximum Gasteiger partial charge on any atom is 0.123 e.